The second kappa shape index (κ2) is 8.05. The number of benzene rings is 2. The van der Waals surface area contributed by atoms with Gasteiger partial charge in [-0.15, -0.1) is 0 Å². The summed E-state index contributed by atoms with van der Waals surface area (Å²) in [6.45, 7) is 3.80. The number of hydrogen-bond donors (Lipinski definition) is 1. The molecule has 0 aliphatic carbocycles. The number of carbonyl (C=O) groups excluding carboxylic acids is 1. The number of ether oxygens (including phenoxy) is 2. The third-order valence-corrected chi connectivity index (χ3v) is 4.69. The number of amides is 1. The van der Waals surface area contributed by atoms with Crippen LogP contribution in [0.1, 0.15) is 19.4 Å². The molecule has 1 amide bonds. The predicted octanol–water partition coefficient (Wildman–Crippen LogP) is 5.12. The van der Waals surface area contributed by atoms with E-state index in [2.05, 4.69) is 10.3 Å². The zero-order valence-electron chi connectivity index (χ0n) is 15.0. The van der Waals surface area contributed by atoms with Gasteiger partial charge in [-0.1, -0.05) is 23.5 Å². The molecule has 0 spiro atoms. The highest BCUT2D eigenvalue weighted by Gasteiger charge is 2.31. The number of alkyl halides is 3. The van der Waals surface area contributed by atoms with E-state index in [0.29, 0.717) is 23.0 Å². The molecular weight excluding hydrogens is 393 g/mol. The fourth-order valence-corrected chi connectivity index (χ4v) is 3.35. The van der Waals surface area contributed by atoms with E-state index >= 15 is 0 Å². The molecule has 1 aromatic heterocycles. The van der Waals surface area contributed by atoms with Crippen LogP contribution in [-0.4, -0.2) is 23.6 Å². The molecule has 0 aliphatic heterocycles. The Bertz CT molecular complexity index is 988. The molecule has 1 N–H and O–H groups in total. The van der Waals surface area contributed by atoms with Gasteiger partial charge in [0.05, 0.1) is 16.9 Å². The average molecular weight is 410 g/mol. The Balaban J connectivity index is 1.71. The first kappa shape index (κ1) is 19.9. The Kier molecular flexibility index (Phi) is 5.73. The van der Waals surface area contributed by atoms with Gasteiger partial charge in [0.2, 0.25) is 0 Å². The number of hydrogen-bond acceptors (Lipinski definition) is 5. The zero-order valence-corrected chi connectivity index (χ0v) is 15.9. The highest BCUT2D eigenvalue weighted by molar-refractivity contribution is 7.22. The van der Waals surface area contributed by atoms with Crippen LogP contribution in [0.25, 0.3) is 10.2 Å². The van der Waals surface area contributed by atoms with E-state index in [9.17, 15) is 18.0 Å². The van der Waals surface area contributed by atoms with Crippen molar-refractivity contribution in [2.45, 2.75) is 26.1 Å². The van der Waals surface area contributed by atoms with E-state index in [1.165, 1.54) is 30.4 Å². The first-order valence-corrected chi connectivity index (χ1v) is 9.26. The maximum absolute atomic E-state index is 12.8. The second-order valence-electron chi connectivity index (χ2n) is 5.83. The van der Waals surface area contributed by atoms with Gasteiger partial charge in [-0.05, 0) is 44.2 Å². The van der Waals surface area contributed by atoms with E-state index < -0.39 is 23.8 Å². The van der Waals surface area contributed by atoms with Gasteiger partial charge >= 0.3 is 6.18 Å². The van der Waals surface area contributed by atoms with Gasteiger partial charge in [0.15, 0.2) is 11.2 Å². The van der Waals surface area contributed by atoms with Crippen LogP contribution in [0.2, 0.25) is 0 Å². The SMILES string of the molecule is CCOc1cccc2sc(NC(=O)[C@H](C)Oc3cccc(C(F)(F)F)c3)nc12. The highest BCUT2D eigenvalue weighted by Crippen LogP contribution is 2.33. The largest absolute Gasteiger partial charge is 0.492 e. The van der Waals surface area contributed by atoms with Crippen molar-refractivity contribution in [3.05, 3.63) is 48.0 Å². The van der Waals surface area contributed by atoms with Gasteiger partial charge in [0.1, 0.15) is 17.0 Å². The number of halogens is 3. The van der Waals surface area contributed by atoms with Crippen molar-refractivity contribution < 1.29 is 27.4 Å². The molecule has 0 unspecified atom stereocenters. The van der Waals surface area contributed by atoms with Crippen LogP contribution in [0.3, 0.4) is 0 Å². The van der Waals surface area contributed by atoms with Crippen molar-refractivity contribution in [2.75, 3.05) is 11.9 Å². The summed E-state index contributed by atoms with van der Waals surface area (Å²) in [5.41, 5.74) is -0.205. The molecule has 0 fully saturated rings. The monoisotopic (exact) mass is 410 g/mol. The van der Waals surface area contributed by atoms with Crippen LogP contribution >= 0.6 is 11.3 Å². The van der Waals surface area contributed by atoms with Crippen LogP contribution in [0.15, 0.2) is 42.5 Å². The van der Waals surface area contributed by atoms with Crippen LogP contribution < -0.4 is 14.8 Å². The molecule has 5 nitrogen and oxygen atoms in total. The lowest BCUT2D eigenvalue weighted by atomic mass is 10.2. The quantitative estimate of drug-likeness (QED) is 0.613. The summed E-state index contributed by atoms with van der Waals surface area (Å²) in [6.07, 6.45) is -5.49. The number of carbonyl (C=O) groups is 1. The minimum atomic E-state index is -4.48. The molecule has 28 heavy (non-hydrogen) atoms. The number of aromatic nitrogens is 1. The first-order valence-electron chi connectivity index (χ1n) is 8.45. The minimum Gasteiger partial charge on any atom is -0.492 e. The maximum Gasteiger partial charge on any atom is 0.416 e. The number of para-hydroxylation sites is 1. The van der Waals surface area contributed by atoms with Crippen LogP contribution in [0.4, 0.5) is 18.3 Å². The highest BCUT2D eigenvalue weighted by atomic mass is 32.1. The molecule has 1 heterocycles. The van der Waals surface area contributed by atoms with E-state index in [4.69, 9.17) is 9.47 Å². The van der Waals surface area contributed by atoms with E-state index in [1.807, 2.05) is 19.1 Å². The van der Waals surface area contributed by atoms with Crippen molar-refractivity contribution in [3.63, 3.8) is 0 Å². The molecule has 0 bridgehead atoms. The van der Waals surface area contributed by atoms with Crippen LogP contribution in [0, 0.1) is 0 Å². The third kappa shape index (κ3) is 4.53. The Morgan fingerprint density at radius 2 is 2.00 bits per heavy atom. The van der Waals surface area contributed by atoms with Gasteiger partial charge in [-0.3, -0.25) is 10.1 Å². The molecule has 0 radical (unpaired) electrons. The molecule has 3 rings (SSSR count). The maximum atomic E-state index is 12.8. The molecule has 0 saturated heterocycles. The van der Waals surface area contributed by atoms with Gasteiger partial charge in [-0.2, -0.15) is 13.2 Å². The second-order valence-corrected chi connectivity index (χ2v) is 6.86. The lowest BCUT2D eigenvalue weighted by Gasteiger charge is -2.15. The number of rotatable bonds is 6. The average Bonchev–Trinajstić information content (AvgIpc) is 3.05. The van der Waals surface area contributed by atoms with Gasteiger partial charge in [-0.25, -0.2) is 4.98 Å². The molecule has 0 aliphatic rings. The van der Waals surface area contributed by atoms with Crippen LogP contribution in [-0.2, 0) is 11.0 Å². The summed E-state index contributed by atoms with van der Waals surface area (Å²) in [6, 6.07) is 9.86. The number of fused-ring (bicyclic) bond motifs is 1. The Morgan fingerprint density at radius 1 is 1.25 bits per heavy atom. The molecule has 3 aromatic rings. The minimum absolute atomic E-state index is 0.0413. The standard InChI is InChI=1S/C19H17F3N2O3S/c1-3-26-14-8-5-9-15-16(14)23-18(28-15)24-17(25)11(2)27-13-7-4-6-12(10-13)19(20,21)22/h4-11H,3H2,1-2H3,(H,23,24,25)/t11-/m0/s1. The fourth-order valence-electron chi connectivity index (χ4n) is 2.46. The van der Waals surface area contributed by atoms with E-state index in [-0.39, 0.29) is 5.75 Å². The smallest absolute Gasteiger partial charge is 0.416 e. The normalized spacial score (nSPS) is 12.6. The first-order chi connectivity index (χ1) is 13.3. The topological polar surface area (TPSA) is 60.5 Å². The van der Waals surface area contributed by atoms with Crippen molar-refractivity contribution in [2.24, 2.45) is 0 Å². The van der Waals surface area contributed by atoms with Gasteiger partial charge < -0.3 is 9.47 Å². The predicted molar refractivity (Wildman–Crippen MR) is 101 cm³/mol. The molecule has 1 atom stereocenters. The summed E-state index contributed by atoms with van der Waals surface area (Å²) in [4.78, 5) is 16.7. The summed E-state index contributed by atoms with van der Waals surface area (Å²) in [5, 5.41) is 2.98. The summed E-state index contributed by atoms with van der Waals surface area (Å²) in [7, 11) is 0. The number of nitrogens with zero attached hydrogens (tertiary/aromatic N) is 1. The Morgan fingerprint density at radius 3 is 2.71 bits per heavy atom. The van der Waals surface area contributed by atoms with Gasteiger partial charge in [0, 0.05) is 0 Å². The van der Waals surface area contributed by atoms with Crippen molar-refractivity contribution in [3.8, 4) is 11.5 Å². The molecule has 9 heteroatoms. The van der Waals surface area contributed by atoms with Crippen molar-refractivity contribution in [1.29, 1.82) is 0 Å². The summed E-state index contributed by atoms with van der Waals surface area (Å²) >= 11 is 1.27. The van der Waals surface area contributed by atoms with Gasteiger partial charge in [0.25, 0.3) is 5.91 Å². The summed E-state index contributed by atoms with van der Waals surface area (Å²) < 4.78 is 50.1. The van der Waals surface area contributed by atoms with E-state index in [0.717, 1.165) is 16.8 Å². The zero-order chi connectivity index (χ0) is 20.3. The lowest BCUT2D eigenvalue weighted by Crippen LogP contribution is -2.30. The summed E-state index contributed by atoms with van der Waals surface area (Å²) in [5.74, 6) is 0.0554. The number of thiazole rings is 1. The number of anilines is 1. The molecule has 2 aromatic carbocycles. The van der Waals surface area contributed by atoms with Crippen molar-refractivity contribution in [1.82, 2.24) is 4.98 Å². The molecule has 148 valence electrons. The Labute approximate surface area is 163 Å². The lowest BCUT2D eigenvalue weighted by molar-refractivity contribution is -0.137. The van der Waals surface area contributed by atoms with Crippen LogP contribution in [0.5, 0.6) is 11.5 Å². The number of nitrogens with one attached hydrogen (secondary N) is 1. The van der Waals surface area contributed by atoms with Crippen molar-refractivity contribution >= 4 is 32.6 Å². The third-order valence-electron chi connectivity index (χ3n) is 3.76. The molecule has 0 saturated carbocycles. The molecular formula is C19H17F3N2O3S. The Hall–Kier alpha value is -2.81. The fraction of sp³-hybridized carbons (Fsp3) is 0.263. The van der Waals surface area contributed by atoms with E-state index in [1.54, 1.807) is 6.07 Å².